The summed E-state index contributed by atoms with van der Waals surface area (Å²) in [4.78, 5) is 0. The molecule has 0 bridgehead atoms. The third-order valence-corrected chi connectivity index (χ3v) is 3.26. The van der Waals surface area contributed by atoms with Gasteiger partial charge in [-0.15, -0.1) is 0 Å². The summed E-state index contributed by atoms with van der Waals surface area (Å²) in [5.74, 6) is 0. The van der Waals surface area contributed by atoms with Crippen LogP contribution in [0.1, 0.15) is 33.6 Å². The molecule has 0 aliphatic heterocycles. The maximum absolute atomic E-state index is 8.75. The maximum Gasteiger partial charge on any atom is 0.0547 e. The highest BCUT2D eigenvalue weighted by molar-refractivity contribution is 8.00. The smallest absolute Gasteiger partial charge is 0.0547 e. The maximum atomic E-state index is 8.75. The lowest BCUT2D eigenvalue weighted by Gasteiger charge is -2.15. The summed E-state index contributed by atoms with van der Waals surface area (Å²) in [6, 6.07) is 0. The van der Waals surface area contributed by atoms with Crippen LogP contribution < -0.4 is 0 Å². The van der Waals surface area contributed by atoms with E-state index in [4.69, 9.17) is 5.11 Å². The van der Waals surface area contributed by atoms with Gasteiger partial charge >= 0.3 is 0 Å². The van der Waals surface area contributed by atoms with Gasteiger partial charge < -0.3 is 5.11 Å². The number of hydrogen-bond donors (Lipinski definition) is 1. The normalized spacial score (nSPS) is 14.1. The first-order valence-electron chi connectivity index (χ1n) is 4.00. The van der Waals surface area contributed by atoms with E-state index in [1.54, 1.807) is 0 Å². The van der Waals surface area contributed by atoms with Gasteiger partial charge in [-0.05, 0) is 12.8 Å². The highest BCUT2D eigenvalue weighted by Crippen LogP contribution is 2.22. The number of aliphatic hydroxyl groups excluding tert-OH is 1. The Balaban J connectivity index is 3.41. The molecule has 0 aliphatic carbocycles. The van der Waals surface area contributed by atoms with Crippen LogP contribution in [-0.2, 0) is 0 Å². The predicted octanol–water partition coefficient (Wildman–Crippen LogP) is 2.29. The molecule has 2 heteroatoms. The van der Waals surface area contributed by atoms with E-state index in [0.29, 0.717) is 11.9 Å². The Kier molecular flexibility index (Phi) is 6.24. The van der Waals surface area contributed by atoms with Crippen LogP contribution in [0.25, 0.3) is 0 Å². The average molecular weight is 162 g/mol. The van der Waals surface area contributed by atoms with Gasteiger partial charge in [-0.25, -0.2) is 0 Å². The van der Waals surface area contributed by atoms with Gasteiger partial charge in [-0.2, -0.15) is 11.8 Å². The van der Waals surface area contributed by atoms with Crippen molar-refractivity contribution in [2.45, 2.75) is 44.1 Å². The lowest BCUT2D eigenvalue weighted by molar-refractivity contribution is 0.299. The van der Waals surface area contributed by atoms with Gasteiger partial charge in [-0.1, -0.05) is 20.8 Å². The Labute approximate surface area is 68.2 Å². The van der Waals surface area contributed by atoms with E-state index < -0.39 is 0 Å². The molecule has 0 rings (SSSR count). The molecular weight excluding hydrogens is 144 g/mol. The van der Waals surface area contributed by atoms with E-state index in [1.807, 2.05) is 11.8 Å². The summed E-state index contributed by atoms with van der Waals surface area (Å²) in [6.07, 6.45) is 2.43. The Bertz CT molecular complexity index is 71.7. The summed E-state index contributed by atoms with van der Waals surface area (Å²) in [6.45, 7) is 6.78. The lowest BCUT2D eigenvalue weighted by atomic mass is 10.3. The molecule has 0 radical (unpaired) electrons. The first kappa shape index (κ1) is 10.3. The third-order valence-electron chi connectivity index (χ3n) is 1.59. The highest BCUT2D eigenvalue weighted by atomic mass is 32.2. The van der Waals surface area contributed by atoms with Gasteiger partial charge in [0.2, 0.25) is 0 Å². The van der Waals surface area contributed by atoms with Crippen LogP contribution >= 0.6 is 11.8 Å². The van der Waals surface area contributed by atoms with Crippen LogP contribution in [0.3, 0.4) is 0 Å². The van der Waals surface area contributed by atoms with Gasteiger partial charge in [-0.3, -0.25) is 0 Å². The van der Waals surface area contributed by atoms with Gasteiger partial charge in [0.25, 0.3) is 0 Å². The molecular formula is C8H18OS. The van der Waals surface area contributed by atoms with Crippen molar-refractivity contribution in [2.24, 2.45) is 0 Å². The second kappa shape index (κ2) is 6.05. The second-order valence-electron chi connectivity index (χ2n) is 2.57. The van der Waals surface area contributed by atoms with Crippen LogP contribution in [0, 0.1) is 0 Å². The van der Waals surface area contributed by atoms with Crippen molar-refractivity contribution < 1.29 is 5.11 Å². The van der Waals surface area contributed by atoms with E-state index in [2.05, 4.69) is 20.8 Å². The number of rotatable bonds is 5. The molecule has 0 saturated carbocycles. The monoisotopic (exact) mass is 162 g/mol. The Hall–Kier alpha value is 0.310. The van der Waals surface area contributed by atoms with Crippen molar-refractivity contribution in [1.29, 1.82) is 0 Å². The molecule has 0 aromatic rings. The zero-order valence-corrected chi connectivity index (χ0v) is 7.95. The second-order valence-corrected chi connectivity index (χ2v) is 4.31. The average Bonchev–Trinajstić information content (AvgIpc) is 1.99. The minimum Gasteiger partial charge on any atom is -0.395 e. The summed E-state index contributed by atoms with van der Waals surface area (Å²) >= 11 is 1.89. The Morgan fingerprint density at radius 3 is 2.10 bits per heavy atom. The third kappa shape index (κ3) is 4.18. The van der Waals surface area contributed by atoms with Crippen LogP contribution in [-0.4, -0.2) is 22.2 Å². The fourth-order valence-electron chi connectivity index (χ4n) is 0.853. The van der Waals surface area contributed by atoms with Gasteiger partial charge in [0.05, 0.1) is 6.61 Å². The molecule has 0 aromatic heterocycles. The number of hydrogen-bond acceptors (Lipinski definition) is 2. The molecule has 1 nitrogen and oxygen atoms in total. The largest absolute Gasteiger partial charge is 0.395 e. The summed E-state index contributed by atoms with van der Waals surface area (Å²) in [7, 11) is 0. The van der Waals surface area contributed by atoms with Crippen molar-refractivity contribution in [3.05, 3.63) is 0 Å². The first-order valence-corrected chi connectivity index (χ1v) is 4.95. The molecule has 1 N–H and O–H groups in total. The van der Waals surface area contributed by atoms with E-state index in [0.717, 1.165) is 5.25 Å². The van der Waals surface area contributed by atoms with Gasteiger partial charge in [0.15, 0.2) is 0 Å². The molecule has 62 valence electrons. The molecule has 10 heavy (non-hydrogen) atoms. The highest BCUT2D eigenvalue weighted by Gasteiger charge is 2.08. The van der Waals surface area contributed by atoms with Crippen molar-refractivity contribution in [3.8, 4) is 0 Å². The topological polar surface area (TPSA) is 20.2 Å². The summed E-state index contributed by atoms with van der Waals surface area (Å²) in [5, 5.41) is 9.90. The van der Waals surface area contributed by atoms with E-state index in [9.17, 15) is 0 Å². The molecule has 1 unspecified atom stereocenters. The van der Waals surface area contributed by atoms with Crippen molar-refractivity contribution in [1.82, 2.24) is 0 Å². The number of thioether (sulfide) groups is 1. The summed E-state index contributed by atoms with van der Waals surface area (Å²) in [5.41, 5.74) is 0. The van der Waals surface area contributed by atoms with Crippen molar-refractivity contribution >= 4 is 11.8 Å². The summed E-state index contributed by atoms with van der Waals surface area (Å²) < 4.78 is 0. The molecule has 0 aliphatic rings. The zero-order valence-electron chi connectivity index (χ0n) is 7.13. The van der Waals surface area contributed by atoms with Crippen LogP contribution in [0.15, 0.2) is 0 Å². The zero-order chi connectivity index (χ0) is 7.98. The molecule has 1 atom stereocenters. The molecule has 0 heterocycles. The van der Waals surface area contributed by atoms with Crippen LogP contribution in [0.2, 0.25) is 0 Å². The fourth-order valence-corrected chi connectivity index (χ4v) is 1.98. The standard InChI is InChI=1S/C8H18OS/c1-4-8(5-2)10-7(3)6-9/h7-9H,4-6H2,1-3H3. The van der Waals surface area contributed by atoms with Crippen LogP contribution in [0.4, 0.5) is 0 Å². The molecule has 0 fully saturated rings. The van der Waals surface area contributed by atoms with E-state index >= 15 is 0 Å². The Morgan fingerprint density at radius 1 is 1.30 bits per heavy atom. The fraction of sp³-hybridized carbons (Fsp3) is 1.00. The van der Waals surface area contributed by atoms with Gasteiger partial charge in [0, 0.05) is 10.5 Å². The minimum absolute atomic E-state index is 0.307. The van der Waals surface area contributed by atoms with Gasteiger partial charge in [0.1, 0.15) is 0 Å². The predicted molar refractivity (Wildman–Crippen MR) is 48.5 cm³/mol. The molecule has 0 spiro atoms. The minimum atomic E-state index is 0.307. The molecule has 0 amide bonds. The van der Waals surface area contributed by atoms with E-state index in [1.165, 1.54) is 12.8 Å². The van der Waals surface area contributed by atoms with E-state index in [-0.39, 0.29) is 0 Å². The first-order chi connectivity index (χ1) is 4.74. The van der Waals surface area contributed by atoms with Crippen molar-refractivity contribution in [3.63, 3.8) is 0 Å². The van der Waals surface area contributed by atoms with Crippen molar-refractivity contribution in [2.75, 3.05) is 6.61 Å². The quantitative estimate of drug-likeness (QED) is 0.669. The van der Waals surface area contributed by atoms with Crippen LogP contribution in [0.5, 0.6) is 0 Å². The SMILES string of the molecule is CCC(CC)SC(C)CO. The lowest BCUT2D eigenvalue weighted by Crippen LogP contribution is -2.09. The Morgan fingerprint density at radius 2 is 1.80 bits per heavy atom. The molecule has 0 aromatic carbocycles. The molecule has 0 saturated heterocycles. The number of aliphatic hydroxyl groups is 1.